The molecule has 1 aliphatic carbocycles. The number of anilines is 1. The lowest BCUT2D eigenvalue weighted by Gasteiger charge is -2.44. The van der Waals surface area contributed by atoms with E-state index in [0.29, 0.717) is 36.7 Å². The van der Waals surface area contributed by atoms with Gasteiger partial charge in [0.1, 0.15) is 17.1 Å². The standard InChI is InChI=1S/C28H35F6N5O3S/c1-5-7-16-9-8-15(2)39(16)24(41)20-21(43-23(37-20)22(40)36-14-25(3,4)42)17-13-35-19(12-18(17)27(29,30)31)38-26(10-6-11-26)28(32,33)34/h12-13,15-16,42H,5-11,14H2,1-4H3,(H,35,38)(H,36,40). The molecule has 0 aromatic carbocycles. The summed E-state index contributed by atoms with van der Waals surface area (Å²) in [7, 11) is 0. The van der Waals surface area contributed by atoms with Crippen molar-refractivity contribution in [2.45, 2.75) is 108 Å². The Morgan fingerprint density at radius 1 is 1.16 bits per heavy atom. The van der Waals surface area contributed by atoms with E-state index in [-0.39, 0.29) is 53.5 Å². The minimum absolute atomic E-state index is 0.165. The van der Waals surface area contributed by atoms with Crippen LogP contribution in [0.1, 0.15) is 98.5 Å². The number of thiazole rings is 1. The third kappa shape index (κ3) is 6.92. The molecule has 2 aromatic rings. The molecule has 2 atom stereocenters. The first-order chi connectivity index (χ1) is 19.9. The summed E-state index contributed by atoms with van der Waals surface area (Å²) in [6.07, 6.45) is -6.48. The van der Waals surface area contributed by atoms with Gasteiger partial charge in [0.2, 0.25) is 0 Å². The molecule has 43 heavy (non-hydrogen) atoms. The van der Waals surface area contributed by atoms with Gasteiger partial charge in [-0.05, 0) is 65.4 Å². The molecule has 4 rings (SSSR count). The molecule has 2 aromatic heterocycles. The number of likely N-dealkylation sites (tertiary alicyclic amines) is 1. The number of nitrogens with one attached hydrogen (secondary N) is 2. The molecule has 0 radical (unpaired) electrons. The summed E-state index contributed by atoms with van der Waals surface area (Å²) in [5.74, 6) is -2.05. The van der Waals surface area contributed by atoms with E-state index < -0.39 is 52.3 Å². The lowest BCUT2D eigenvalue weighted by atomic mass is 9.76. The Bertz CT molecular complexity index is 1350. The quantitative estimate of drug-likeness (QED) is 0.275. The Morgan fingerprint density at radius 3 is 2.37 bits per heavy atom. The van der Waals surface area contributed by atoms with Crippen molar-refractivity contribution < 1.29 is 41.0 Å². The van der Waals surface area contributed by atoms with E-state index in [2.05, 4.69) is 20.6 Å². The van der Waals surface area contributed by atoms with Gasteiger partial charge in [0.05, 0.1) is 16.0 Å². The van der Waals surface area contributed by atoms with E-state index in [9.17, 15) is 41.0 Å². The highest BCUT2D eigenvalue weighted by Crippen LogP contribution is 2.48. The zero-order valence-corrected chi connectivity index (χ0v) is 25.1. The van der Waals surface area contributed by atoms with Gasteiger partial charge in [-0.25, -0.2) is 9.97 Å². The van der Waals surface area contributed by atoms with Crippen LogP contribution in [-0.2, 0) is 6.18 Å². The Balaban J connectivity index is 1.82. The van der Waals surface area contributed by atoms with E-state index >= 15 is 0 Å². The maximum Gasteiger partial charge on any atom is 0.417 e. The number of carbonyl (C=O) groups is 2. The van der Waals surface area contributed by atoms with Crippen molar-refractivity contribution >= 4 is 29.0 Å². The SMILES string of the molecule is CCCC1CCC(C)N1C(=O)c1nc(C(=O)NCC(C)(C)O)sc1-c1cnc(NC2(C(F)(F)F)CCC2)cc1C(F)(F)F. The van der Waals surface area contributed by atoms with Crippen LogP contribution < -0.4 is 10.6 Å². The molecular formula is C28H35F6N5O3S. The monoisotopic (exact) mass is 635 g/mol. The number of pyridine rings is 1. The molecule has 8 nitrogen and oxygen atoms in total. The van der Waals surface area contributed by atoms with Crippen LogP contribution in [-0.4, -0.2) is 67.7 Å². The Labute approximate surface area is 249 Å². The number of amides is 2. The second-order valence-corrected chi connectivity index (χ2v) is 12.9. The second-order valence-electron chi connectivity index (χ2n) is 11.9. The van der Waals surface area contributed by atoms with Crippen molar-refractivity contribution in [2.75, 3.05) is 11.9 Å². The van der Waals surface area contributed by atoms with Crippen molar-refractivity contribution in [3.63, 3.8) is 0 Å². The number of alkyl halides is 6. The van der Waals surface area contributed by atoms with Gasteiger partial charge in [0.25, 0.3) is 11.8 Å². The van der Waals surface area contributed by atoms with Crippen LogP contribution >= 0.6 is 11.3 Å². The molecule has 2 fully saturated rings. The highest BCUT2D eigenvalue weighted by atomic mass is 32.1. The smallest absolute Gasteiger partial charge is 0.389 e. The van der Waals surface area contributed by atoms with Crippen molar-refractivity contribution in [2.24, 2.45) is 0 Å². The lowest BCUT2D eigenvalue weighted by molar-refractivity contribution is -0.198. The van der Waals surface area contributed by atoms with E-state index in [4.69, 9.17) is 0 Å². The topological polar surface area (TPSA) is 107 Å². The van der Waals surface area contributed by atoms with E-state index in [1.807, 2.05) is 13.8 Å². The van der Waals surface area contributed by atoms with E-state index in [0.717, 1.165) is 12.6 Å². The molecule has 0 bridgehead atoms. The van der Waals surface area contributed by atoms with Crippen LogP contribution in [0.2, 0.25) is 0 Å². The van der Waals surface area contributed by atoms with Gasteiger partial charge in [-0.3, -0.25) is 9.59 Å². The Morgan fingerprint density at radius 2 is 1.84 bits per heavy atom. The van der Waals surface area contributed by atoms with Gasteiger partial charge in [-0.1, -0.05) is 13.3 Å². The number of halogens is 6. The number of hydrogen-bond acceptors (Lipinski definition) is 7. The molecule has 1 aliphatic heterocycles. The van der Waals surface area contributed by atoms with Crippen LogP contribution in [0.25, 0.3) is 10.4 Å². The molecule has 2 unspecified atom stereocenters. The fourth-order valence-corrected chi connectivity index (χ4v) is 6.48. The normalized spacial score (nSPS) is 20.6. The van der Waals surface area contributed by atoms with Gasteiger partial charge in [0, 0.05) is 30.4 Å². The summed E-state index contributed by atoms with van der Waals surface area (Å²) in [6.45, 7) is 6.48. The third-order valence-electron chi connectivity index (χ3n) is 7.92. The Kier molecular flexibility index (Phi) is 9.09. The zero-order valence-electron chi connectivity index (χ0n) is 24.2. The molecule has 2 aliphatic rings. The highest BCUT2D eigenvalue weighted by molar-refractivity contribution is 7.17. The van der Waals surface area contributed by atoms with Crippen molar-refractivity contribution in [1.29, 1.82) is 0 Å². The predicted molar refractivity (Wildman–Crippen MR) is 149 cm³/mol. The van der Waals surface area contributed by atoms with E-state index in [1.165, 1.54) is 13.8 Å². The number of carbonyl (C=O) groups excluding carboxylic acids is 2. The maximum absolute atomic E-state index is 14.5. The summed E-state index contributed by atoms with van der Waals surface area (Å²) >= 11 is 0.551. The molecular weight excluding hydrogens is 600 g/mol. The highest BCUT2D eigenvalue weighted by Gasteiger charge is 2.58. The summed E-state index contributed by atoms with van der Waals surface area (Å²) in [6, 6.07) is 0.114. The maximum atomic E-state index is 14.5. The van der Waals surface area contributed by atoms with Gasteiger partial charge in [-0.15, -0.1) is 11.3 Å². The van der Waals surface area contributed by atoms with E-state index in [1.54, 1.807) is 4.90 Å². The molecule has 1 saturated heterocycles. The molecule has 1 saturated carbocycles. The minimum atomic E-state index is -5.04. The van der Waals surface area contributed by atoms with Crippen molar-refractivity contribution in [3.05, 3.63) is 28.5 Å². The largest absolute Gasteiger partial charge is 0.417 e. The first kappa shape index (κ1) is 33.0. The molecule has 2 amide bonds. The summed E-state index contributed by atoms with van der Waals surface area (Å²) < 4.78 is 84.6. The van der Waals surface area contributed by atoms with Gasteiger partial charge < -0.3 is 20.6 Å². The number of aliphatic hydroxyl groups is 1. The van der Waals surface area contributed by atoms with Crippen LogP contribution in [0, 0.1) is 0 Å². The minimum Gasteiger partial charge on any atom is -0.389 e. The van der Waals surface area contributed by atoms with Gasteiger partial charge in [-0.2, -0.15) is 26.3 Å². The third-order valence-corrected chi connectivity index (χ3v) is 9.01. The average molecular weight is 636 g/mol. The fourth-order valence-electron chi connectivity index (χ4n) is 5.49. The lowest BCUT2D eigenvalue weighted by Crippen LogP contribution is -2.57. The molecule has 3 heterocycles. The molecule has 15 heteroatoms. The average Bonchev–Trinajstić information content (AvgIpc) is 3.47. The number of hydrogen-bond donors (Lipinski definition) is 3. The second kappa shape index (κ2) is 11.9. The van der Waals surface area contributed by atoms with Crippen LogP contribution in [0.15, 0.2) is 12.3 Å². The molecule has 0 spiro atoms. The first-order valence-electron chi connectivity index (χ1n) is 14.1. The predicted octanol–water partition coefficient (Wildman–Crippen LogP) is 6.41. The van der Waals surface area contributed by atoms with Gasteiger partial charge in [0.15, 0.2) is 5.01 Å². The summed E-state index contributed by atoms with van der Waals surface area (Å²) in [4.78, 5) is 36.3. The van der Waals surface area contributed by atoms with Crippen LogP contribution in [0.4, 0.5) is 32.2 Å². The summed E-state index contributed by atoms with van der Waals surface area (Å²) in [5, 5.41) is 14.3. The summed E-state index contributed by atoms with van der Waals surface area (Å²) in [5.41, 5.74) is -5.93. The first-order valence-corrected chi connectivity index (χ1v) is 14.9. The van der Waals surface area contributed by atoms with Crippen LogP contribution in [0.5, 0.6) is 0 Å². The van der Waals surface area contributed by atoms with Gasteiger partial charge >= 0.3 is 12.4 Å². The van der Waals surface area contributed by atoms with Crippen LogP contribution in [0.3, 0.4) is 0 Å². The number of nitrogens with zero attached hydrogens (tertiary/aromatic N) is 3. The number of aromatic nitrogens is 2. The zero-order chi connectivity index (χ0) is 32.0. The van der Waals surface area contributed by atoms with Crippen molar-refractivity contribution in [3.8, 4) is 10.4 Å². The molecule has 238 valence electrons. The molecule has 3 N–H and O–H groups in total. The number of rotatable bonds is 9. The fraction of sp³-hybridized carbons (Fsp3) is 0.643. The Hall–Kier alpha value is -2.94. The van der Waals surface area contributed by atoms with Crippen molar-refractivity contribution in [1.82, 2.24) is 20.2 Å².